The standard InChI is InChI=1S/C22H27ClN2O2/c1-2-21(27-19-11-5-10-18(23)16-19)22(26)24-13-7-15-25-14-6-9-17-8-3-4-12-20(17)25/h3-5,8,10-12,16,21H,2,6-7,9,13-15H2,1H3,(H,24,26). The van der Waals surface area contributed by atoms with Gasteiger partial charge in [0.25, 0.3) is 5.91 Å². The van der Waals surface area contributed by atoms with Crippen LogP contribution in [0.15, 0.2) is 48.5 Å². The van der Waals surface area contributed by atoms with E-state index in [0.29, 0.717) is 23.7 Å². The van der Waals surface area contributed by atoms with Crippen LogP contribution >= 0.6 is 11.6 Å². The Labute approximate surface area is 166 Å². The molecular weight excluding hydrogens is 360 g/mol. The maximum atomic E-state index is 12.4. The van der Waals surface area contributed by atoms with Gasteiger partial charge in [-0.2, -0.15) is 0 Å². The van der Waals surface area contributed by atoms with Crippen molar-refractivity contribution in [3.05, 3.63) is 59.1 Å². The minimum atomic E-state index is -0.501. The van der Waals surface area contributed by atoms with Crippen LogP contribution in [0, 0.1) is 0 Å². The number of rotatable bonds is 8. The highest BCUT2D eigenvalue weighted by molar-refractivity contribution is 6.30. The zero-order valence-corrected chi connectivity index (χ0v) is 16.5. The van der Waals surface area contributed by atoms with Gasteiger partial charge in [-0.15, -0.1) is 0 Å². The van der Waals surface area contributed by atoms with Crippen LogP contribution in [0.25, 0.3) is 0 Å². The van der Waals surface area contributed by atoms with Gasteiger partial charge in [-0.25, -0.2) is 0 Å². The Morgan fingerprint density at radius 2 is 2.11 bits per heavy atom. The maximum Gasteiger partial charge on any atom is 0.261 e. The van der Waals surface area contributed by atoms with Crippen LogP contribution in [0.3, 0.4) is 0 Å². The van der Waals surface area contributed by atoms with Crippen molar-refractivity contribution in [1.82, 2.24) is 5.32 Å². The van der Waals surface area contributed by atoms with E-state index in [-0.39, 0.29) is 5.91 Å². The molecule has 0 fully saturated rings. The van der Waals surface area contributed by atoms with E-state index in [1.54, 1.807) is 12.1 Å². The van der Waals surface area contributed by atoms with Crippen molar-refractivity contribution in [3.63, 3.8) is 0 Å². The van der Waals surface area contributed by atoms with Gasteiger partial charge in [0.2, 0.25) is 0 Å². The predicted molar refractivity (Wildman–Crippen MR) is 111 cm³/mol. The normalized spacial score (nSPS) is 14.4. The Morgan fingerprint density at radius 1 is 1.26 bits per heavy atom. The Hall–Kier alpha value is -2.20. The molecule has 1 aliphatic heterocycles. The van der Waals surface area contributed by atoms with E-state index >= 15 is 0 Å². The zero-order chi connectivity index (χ0) is 19.1. The van der Waals surface area contributed by atoms with Crippen molar-refractivity contribution < 1.29 is 9.53 Å². The van der Waals surface area contributed by atoms with E-state index < -0.39 is 6.10 Å². The van der Waals surface area contributed by atoms with Crippen molar-refractivity contribution in [1.29, 1.82) is 0 Å². The molecule has 27 heavy (non-hydrogen) atoms. The molecule has 144 valence electrons. The van der Waals surface area contributed by atoms with E-state index in [1.165, 1.54) is 17.7 Å². The smallest absolute Gasteiger partial charge is 0.261 e. The van der Waals surface area contributed by atoms with Gasteiger partial charge in [0.15, 0.2) is 6.10 Å². The van der Waals surface area contributed by atoms with Gasteiger partial charge in [0.05, 0.1) is 0 Å². The Morgan fingerprint density at radius 3 is 2.93 bits per heavy atom. The number of para-hydroxylation sites is 1. The molecule has 2 aromatic carbocycles. The third-order valence-electron chi connectivity index (χ3n) is 4.85. The van der Waals surface area contributed by atoms with E-state index in [1.807, 2.05) is 19.1 Å². The molecule has 0 radical (unpaired) electrons. The van der Waals surface area contributed by atoms with E-state index in [4.69, 9.17) is 16.3 Å². The number of fused-ring (bicyclic) bond motifs is 1. The highest BCUT2D eigenvalue weighted by Crippen LogP contribution is 2.26. The summed E-state index contributed by atoms with van der Waals surface area (Å²) < 4.78 is 5.79. The molecule has 1 aliphatic rings. The van der Waals surface area contributed by atoms with Crippen LogP contribution in [0.4, 0.5) is 5.69 Å². The predicted octanol–water partition coefficient (Wildman–Crippen LogP) is 4.46. The quantitative estimate of drug-likeness (QED) is 0.681. The second-order valence-corrected chi connectivity index (χ2v) is 7.27. The number of carbonyl (C=O) groups excluding carboxylic acids is 1. The van der Waals surface area contributed by atoms with E-state index in [9.17, 15) is 4.79 Å². The second kappa shape index (κ2) is 9.65. The molecule has 2 aromatic rings. The Kier molecular flexibility index (Phi) is 6.99. The molecule has 0 bridgehead atoms. The van der Waals surface area contributed by atoms with Gasteiger partial charge in [-0.05, 0) is 55.5 Å². The zero-order valence-electron chi connectivity index (χ0n) is 15.8. The van der Waals surface area contributed by atoms with Gasteiger partial charge in [0, 0.05) is 30.3 Å². The maximum absolute atomic E-state index is 12.4. The number of benzene rings is 2. The number of hydrogen-bond acceptors (Lipinski definition) is 3. The first-order chi connectivity index (χ1) is 13.2. The number of ether oxygens (including phenoxy) is 1. The van der Waals surface area contributed by atoms with Crippen LogP contribution in [0.1, 0.15) is 31.7 Å². The summed E-state index contributed by atoms with van der Waals surface area (Å²) in [5, 5.41) is 3.61. The van der Waals surface area contributed by atoms with Crippen molar-refractivity contribution in [3.8, 4) is 5.75 Å². The third kappa shape index (κ3) is 5.39. The fraction of sp³-hybridized carbons (Fsp3) is 0.409. The fourth-order valence-electron chi connectivity index (χ4n) is 3.47. The molecule has 1 N–H and O–H groups in total. The molecule has 0 aromatic heterocycles. The number of aryl methyl sites for hydroxylation is 1. The molecule has 1 heterocycles. The van der Waals surface area contributed by atoms with Crippen molar-refractivity contribution in [2.24, 2.45) is 0 Å². The van der Waals surface area contributed by atoms with E-state index in [2.05, 4.69) is 34.5 Å². The van der Waals surface area contributed by atoms with Crippen LogP contribution in [-0.2, 0) is 11.2 Å². The minimum absolute atomic E-state index is 0.0727. The van der Waals surface area contributed by atoms with Crippen molar-refractivity contribution in [2.45, 2.75) is 38.7 Å². The van der Waals surface area contributed by atoms with Gasteiger partial charge >= 0.3 is 0 Å². The summed E-state index contributed by atoms with van der Waals surface area (Å²) in [4.78, 5) is 14.9. The van der Waals surface area contributed by atoms with Gasteiger partial charge in [-0.3, -0.25) is 4.79 Å². The summed E-state index contributed by atoms with van der Waals surface area (Å²) in [5.41, 5.74) is 2.76. The highest BCUT2D eigenvalue weighted by Gasteiger charge is 2.19. The van der Waals surface area contributed by atoms with Gasteiger partial charge < -0.3 is 15.0 Å². The molecule has 0 saturated carbocycles. The van der Waals surface area contributed by atoms with Crippen LogP contribution in [0.2, 0.25) is 5.02 Å². The lowest BCUT2D eigenvalue weighted by atomic mass is 10.0. The largest absolute Gasteiger partial charge is 0.481 e. The number of anilines is 1. The van der Waals surface area contributed by atoms with Crippen molar-refractivity contribution in [2.75, 3.05) is 24.5 Å². The number of nitrogens with zero attached hydrogens (tertiary/aromatic N) is 1. The minimum Gasteiger partial charge on any atom is -0.481 e. The molecule has 0 saturated heterocycles. The summed E-state index contributed by atoms with van der Waals surface area (Å²) in [6.45, 7) is 4.62. The first kappa shape index (κ1) is 19.6. The monoisotopic (exact) mass is 386 g/mol. The molecule has 4 nitrogen and oxygen atoms in total. The summed E-state index contributed by atoms with van der Waals surface area (Å²) in [7, 11) is 0. The number of nitrogens with one attached hydrogen (secondary N) is 1. The molecule has 0 aliphatic carbocycles. The number of amides is 1. The first-order valence-corrected chi connectivity index (χ1v) is 10.1. The summed E-state index contributed by atoms with van der Waals surface area (Å²) in [6, 6.07) is 15.8. The lowest BCUT2D eigenvalue weighted by Crippen LogP contribution is -2.39. The Balaban J connectivity index is 1.45. The molecular formula is C22H27ClN2O2. The number of carbonyl (C=O) groups is 1. The average Bonchev–Trinajstić information content (AvgIpc) is 2.69. The number of hydrogen-bond donors (Lipinski definition) is 1. The molecule has 1 atom stereocenters. The molecule has 1 amide bonds. The Bertz CT molecular complexity index is 765. The third-order valence-corrected chi connectivity index (χ3v) is 5.08. The van der Waals surface area contributed by atoms with Crippen LogP contribution in [-0.4, -0.2) is 31.6 Å². The van der Waals surface area contributed by atoms with Gasteiger partial charge in [0.1, 0.15) is 5.75 Å². The summed E-state index contributed by atoms with van der Waals surface area (Å²) >= 11 is 5.98. The number of halogens is 1. The topological polar surface area (TPSA) is 41.6 Å². The van der Waals surface area contributed by atoms with Crippen LogP contribution in [0.5, 0.6) is 5.75 Å². The molecule has 3 rings (SSSR count). The molecule has 5 heteroatoms. The molecule has 0 spiro atoms. The highest BCUT2D eigenvalue weighted by atomic mass is 35.5. The van der Waals surface area contributed by atoms with Gasteiger partial charge in [-0.1, -0.05) is 42.8 Å². The van der Waals surface area contributed by atoms with E-state index in [0.717, 1.165) is 25.9 Å². The average molecular weight is 387 g/mol. The van der Waals surface area contributed by atoms with Crippen molar-refractivity contribution >= 4 is 23.2 Å². The summed E-state index contributed by atoms with van der Waals surface area (Å²) in [5.74, 6) is 0.547. The van der Waals surface area contributed by atoms with Crippen LogP contribution < -0.4 is 15.0 Å². The second-order valence-electron chi connectivity index (χ2n) is 6.84. The fourth-order valence-corrected chi connectivity index (χ4v) is 3.65. The lowest BCUT2D eigenvalue weighted by Gasteiger charge is -2.31. The lowest BCUT2D eigenvalue weighted by molar-refractivity contribution is -0.128. The molecule has 1 unspecified atom stereocenters. The SMILES string of the molecule is CCC(Oc1cccc(Cl)c1)C(=O)NCCCN1CCCc2ccccc21. The summed E-state index contributed by atoms with van der Waals surface area (Å²) in [6.07, 6.45) is 3.36. The first-order valence-electron chi connectivity index (χ1n) is 9.70.